The summed E-state index contributed by atoms with van der Waals surface area (Å²) in [5, 5.41) is 2.00. The number of esters is 1. The van der Waals surface area contributed by atoms with Crippen LogP contribution in [0.4, 0.5) is 18.9 Å². The van der Waals surface area contributed by atoms with Gasteiger partial charge in [-0.1, -0.05) is 43.5 Å². The van der Waals surface area contributed by atoms with Gasteiger partial charge in [-0.15, -0.1) is 0 Å². The Kier molecular flexibility index (Phi) is 7.55. The summed E-state index contributed by atoms with van der Waals surface area (Å²) in [7, 11) is 0. The zero-order valence-electron chi connectivity index (χ0n) is 16.1. The number of likely N-dealkylation sites (tertiary alicyclic amines) is 1. The minimum absolute atomic E-state index is 0.0127. The molecule has 13 heteroatoms. The standard InChI is InChI=1S/C19H16Br2ClF3N2O5/c20-11-4-9-10(5-12(11)21)18(31)27(17(9)30)6-16(29)32-7-15(28)26-14-3-8(19(23,24)25)1-2-13(14)22/h1-3,9-12H,4-7H2,(H,26,28)/t9-,10+,11-,12-/m0/s1. The Bertz CT molecular complexity index is 933. The first-order valence-electron chi connectivity index (χ1n) is 9.34. The van der Waals surface area contributed by atoms with Crippen LogP contribution in [0.25, 0.3) is 0 Å². The molecule has 1 aromatic rings. The lowest BCUT2D eigenvalue weighted by Gasteiger charge is -2.29. The number of carbonyl (C=O) groups excluding carboxylic acids is 4. The molecule has 0 spiro atoms. The number of hydrogen-bond acceptors (Lipinski definition) is 5. The van der Waals surface area contributed by atoms with E-state index in [-0.39, 0.29) is 20.4 Å². The lowest BCUT2D eigenvalue weighted by Crippen LogP contribution is -2.37. The molecule has 3 rings (SSSR count). The van der Waals surface area contributed by atoms with Crippen LogP contribution >= 0.6 is 43.5 Å². The molecule has 2 fully saturated rings. The smallest absolute Gasteiger partial charge is 0.416 e. The Morgan fingerprint density at radius 1 is 1.12 bits per heavy atom. The summed E-state index contributed by atoms with van der Waals surface area (Å²) in [6, 6.07) is 2.39. The fourth-order valence-electron chi connectivity index (χ4n) is 3.62. The molecular formula is C19H16Br2ClF3N2O5. The molecule has 32 heavy (non-hydrogen) atoms. The zero-order valence-corrected chi connectivity index (χ0v) is 20.1. The van der Waals surface area contributed by atoms with Crippen molar-refractivity contribution in [3.8, 4) is 0 Å². The van der Waals surface area contributed by atoms with Crippen LogP contribution < -0.4 is 5.32 Å². The number of ether oxygens (including phenoxy) is 1. The number of alkyl halides is 5. The summed E-state index contributed by atoms with van der Waals surface area (Å²) in [6.07, 6.45) is -3.75. The van der Waals surface area contributed by atoms with E-state index in [1.807, 2.05) is 0 Å². The molecule has 0 bridgehead atoms. The average Bonchev–Trinajstić information content (AvgIpc) is 2.92. The van der Waals surface area contributed by atoms with Crippen molar-refractivity contribution >= 4 is 72.8 Å². The van der Waals surface area contributed by atoms with Crippen LogP contribution in [-0.4, -0.2) is 51.4 Å². The normalized spacial score (nSPS) is 25.5. The SMILES string of the molecule is O=C(COC(=O)CN1C(=O)[C@H]2C[C@H](Br)[C@@H](Br)C[C@H]2C1=O)Nc1cc(C(F)(F)F)ccc1Cl. The molecule has 1 N–H and O–H groups in total. The topological polar surface area (TPSA) is 92.8 Å². The molecular weight excluding hydrogens is 588 g/mol. The molecule has 4 atom stereocenters. The molecule has 174 valence electrons. The first-order valence-corrected chi connectivity index (χ1v) is 11.5. The van der Waals surface area contributed by atoms with Gasteiger partial charge < -0.3 is 10.1 Å². The molecule has 7 nitrogen and oxygen atoms in total. The Morgan fingerprint density at radius 3 is 2.22 bits per heavy atom. The van der Waals surface area contributed by atoms with Gasteiger partial charge >= 0.3 is 12.1 Å². The summed E-state index contributed by atoms with van der Waals surface area (Å²) < 4.78 is 43.2. The number of imide groups is 1. The van der Waals surface area contributed by atoms with Gasteiger partial charge in [-0.3, -0.25) is 24.1 Å². The summed E-state index contributed by atoms with van der Waals surface area (Å²) >= 11 is 12.7. The lowest BCUT2D eigenvalue weighted by atomic mass is 9.81. The predicted molar refractivity (Wildman–Crippen MR) is 114 cm³/mol. The van der Waals surface area contributed by atoms with E-state index in [0.29, 0.717) is 18.9 Å². The predicted octanol–water partition coefficient (Wildman–Crippen LogP) is 3.76. The fraction of sp³-hybridized carbons (Fsp3) is 0.474. The van der Waals surface area contributed by atoms with E-state index in [1.54, 1.807) is 0 Å². The van der Waals surface area contributed by atoms with Crippen molar-refractivity contribution in [3.05, 3.63) is 28.8 Å². The highest BCUT2D eigenvalue weighted by atomic mass is 79.9. The van der Waals surface area contributed by atoms with Gasteiger partial charge in [0, 0.05) is 9.65 Å². The van der Waals surface area contributed by atoms with Gasteiger partial charge in [-0.05, 0) is 31.0 Å². The molecule has 1 saturated carbocycles. The van der Waals surface area contributed by atoms with Crippen LogP contribution in [0.2, 0.25) is 5.02 Å². The first-order chi connectivity index (χ1) is 14.9. The maximum atomic E-state index is 12.8. The van der Waals surface area contributed by atoms with Crippen molar-refractivity contribution in [2.45, 2.75) is 28.7 Å². The largest absolute Gasteiger partial charge is 0.454 e. The zero-order chi connectivity index (χ0) is 23.8. The Balaban J connectivity index is 1.55. The van der Waals surface area contributed by atoms with Crippen LogP contribution in [0.5, 0.6) is 0 Å². The first kappa shape index (κ1) is 25.0. The van der Waals surface area contributed by atoms with Gasteiger partial charge in [0.25, 0.3) is 5.91 Å². The van der Waals surface area contributed by atoms with Gasteiger partial charge in [0.15, 0.2) is 6.61 Å². The molecule has 0 aromatic heterocycles. The highest BCUT2D eigenvalue weighted by molar-refractivity contribution is 9.12. The van der Waals surface area contributed by atoms with Crippen molar-refractivity contribution in [2.24, 2.45) is 11.8 Å². The van der Waals surface area contributed by atoms with E-state index in [4.69, 9.17) is 16.3 Å². The van der Waals surface area contributed by atoms with Crippen LogP contribution in [0.3, 0.4) is 0 Å². The number of nitrogens with one attached hydrogen (secondary N) is 1. The van der Waals surface area contributed by atoms with Crippen molar-refractivity contribution < 1.29 is 37.1 Å². The second-order valence-electron chi connectivity index (χ2n) is 7.38. The number of amides is 3. The maximum Gasteiger partial charge on any atom is 0.416 e. The Labute approximate surface area is 202 Å². The van der Waals surface area contributed by atoms with E-state index in [2.05, 4.69) is 37.2 Å². The summed E-state index contributed by atoms with van der Waals surface area (Å²) in [5.74, 6) is -3.93. The molecule has 1 aliphatic heterocycles. The van der Waals surface area contributed by atoms with Crippen molar-refractivity contribution in [1.29, 1.82) is 0 Å². The monoisotopic (exact) mass is 602 g/mol. The van der Waals surface area contributed by atoms with Gasteiger partial charge in [0.1, 0.15) is 6.54 Å². The van der Waals surface area contributed by atoms with E-state index in [0.717, 1.165) is 17.0 Å². The number of halogens is 6. The van der Waals surface area contributed by atoms with Gasteiger partial charge in [-0.2, -0.15) is 13.2 Å². The molecule has 3 amide bonds. The quantitative estimate of drug-likeness (QED) is 0.314. The Hall–Kier alpha value is -1.66. The van der Waals surface area contributed by atoms with Crippen molar-refractivity contribution in [2.75, 3.05) is 18.5 Å². The highest BCUT2D eigenvalue weighted by Gasteiger charge is 2.52. The third-order valence-corrected chi connectivity index (χ3v) is 8.29. The summed E-state index contributed by atoms with van der Waals surface area (Å²) in [6.45, 7) is -1.48. The van der Waals surface area contributed by atoms with Gasteiger partial charge in [0.05, 0.1) is 28.1 Å². The highest BCUT2D eigenvalue weighted by Crippen LogP contribution is 2.43. The van der Waals surface area contributed by atoms with Crippen LogP contribution in [-0.2, 0) is 30.1 Å². The third kappa shape index (κ3) is 5.45. The van der Waals surface area contributed by atoms with Gasteiger partial charge in [-0.25, -0.2) is 0 Å². The van der Waals surface area contributed by atoms with E-state index >= 15 is 0 Å². The number of nitrogens with zero attached hydrogens (tertiary/aromatic N) is 1. The number of fused-ring (bicyclic) bond motifs is 1. The maximum absolute atomic E-state index is 12.8. The second kappa shape index (κ2) is 9.68. The number of anilines is 1. The minimum atomic E-state index is -4.63. The van der Waals surface area contributed by atoms with E-state index < -0.39 is 60.4 Å². The second-order valence-corrected chi connectivity index (χ2v) is 10.1. The number of benzene rings is 1. The van der Waals surface area contributed by atoms with E-state index in [9.17, 15) is 32.3 Å². The molecule has 1 aromatic carbocycles. The number of carbonyl (C=O) groups is 4. The molecule has 0 unspecified atom stereocenters. The van der Waals surface area contributed by atoms with Crippen LogP contribution in [0, 0.1) is 11.8 Å². The van der Waals surface area contributed by atoms with Crippen molar-refractivity contribution in [1.82, 2.24) is 4.90 Å². The number of rotatable bonds is 5. The average molecular weight is 605 g/mol. The third-order valence-electron chi connectivity index (χ3n) is 5.22. The van der Waals surface area contributed by atoms with Crippen molar-refractivity contribution in [3.63, 3.8) is 0 Å². The van der Waals surface area contributed by atoms with Crippen LogP contribution in [0.1, 0.15) is 18.4 Å². The molecule has 2 aliphatic rings. The fourth-order valence-corrected chi connectivity index (χ4v) is 5.03. The lowest BCUT2D eigenvalue weighted by molar-refractivity contribution is -0.154. The summed E-state index contributed by atoms with van der Waals surface area (Å²) in [4.78, 5) is 50.0. The molecule has 1 saturated heterocycles. The molecule has 1 heterocycles. The van der Waals surface area contributed by atoms with E-state index in [1.165, 1.54) is 0 Å². The van der Waals surface area contributed by atoms with Gasteiger partial charge in [0.2, 0.25) is 11.8 Å². The minimum Gasteiger partial charge on any atom is -0.454 e. The Morgan fingerprint density at radius 2 is 1.69 bits per heavy atom. The summed E-state index contributed by atoms with van der Waals surface area (Å²) in [5.41, 5.74) is -1.32. The molecule has 1 aliphatic carbocycles. The number of hydrogen-bond donors (Lipinski definition) is 1. The molecule has 0 radical (unpaired) electrons. The van der Waals surface area contributed by atoms with Crippen LogP contribution in [0.15, 0.2) is 18.2 Å².